The van der Waals surface area contributed by atoms with Crippen molar-refractivity contribution in [1.82, 2.24) is 0 Å². The lowest BCUT2D eigenvalue weighted by molar-refractivity contribution is -0.147. The Morgan fingerprint density at radius 2 is 1.68 bits per heavy atom. The third-order valence-electron chi connectivity index (χ3n) is 5.05. The molecule has 34 heavy (non-hydrogen) atoms. The maximum atomic E-state index is 12.4. The number of hydrogen-bond acceptors (Lipinski definition) is 5. The molecule has 1 N–H and O–H groups in total. The highest BCUT2D eigenvalue weighted by Gasteiger charge is 2.20. The van der Waals surface area contributed by atoms with Crippen molar-refractivity contribution in [2.24, 2.45) is 0 Å². The van der Waals surface area contributed by atoms with Crippen LogP contribution in [0.4, 0.5) is 5.69 Å². The van der Waals surface area contributed by atoms with Gasteiger partial charge in [0.05, 0.1) is 6.42 Å². The van der Waals surface area contributed by atoms with Crippen LogP contribution >= 0.6 is 11.6 Å². The van der Waals surface area contributed by atoms with Crippen LogP contribution in [0, 0.1) is 13.8 Å². The fourth-order valence-electron chi connectivity index (χ4n) is 3.18. The largest absolute Gasteiger partial charge is 0.457 e. The first-order valence-corrected chi connectivity index (χ1v) is 11.2. The molecule has 0 spiro atoms. The van der Waals surface area contributed by atoms with E-state index in [2.05, 4.69) is 5.32 Å². The van der Waals surface area contributed by atoms with Crippen LogP contribution < -0.4 is 10.1 Å². The summed E-state index contributed by atoms with van der Waals surface area (Å²) < 4.78 is 11.1. The Kier molecular flexibility index (Phi) is 8.44. The summed E-state index contributed by atoms with van der Waals surface area (Å²) in [7, 11) is 0. The van der Waals surface area contributed by atoms with E-state index in [0.29, 0.717) is 22.0 Å². The average Bonchev–Trinajstić information content (AvgIpc) is 2.81. The van der Waals surface area contributed by atoms with Crippen molar-refractivity contribution in [2.45, 2.75) is 39.7 Å². The van der Waals surface area contributed by atoms with E-state index in [1.165, 1.54) is 13.0 Å². The second kappa shape index (κ2) is 11.5. The van der Waals surface area contributed by atoms with Crippen LogP contribution in [-0.2, 0) is 14.3 Å². The number of rotatable bonds is 9. The summed E-state index contributed by atoms with van der Waals surface area (Å²) in [5, 5.41) is 3.16. The zero-order valence-electron chi connectivity index (χ0n) is 19.3. The highest BCUT2D eigenvalue weighted by molar-refractivity contribution is 6.31. The van der Waals surface area contributed by atoms with E-state index in [1.807, 2.05) is 32.0 Å². The summed E-state index contributed by atoms with van der Waals surface area (Å²) in [5.41, 5.74) is 3.07. The number of ether oxygens (including phenoxy) is 2. The number of benzene rings is 3. The molecule has 6 nitrogen and oxygen atoms in total. The highest BCUT2D eigenvalue weighted by atomic mass is 35.5. The van der Waals surface area contributed by atoms with Gasteiger partial charge in [-0.3, -0.25) is 14.4 Å². The van der Waals surface area contributed by atoms with Crippen LogP contribution in [0.3, 0.4) is 0 Å². The number of aryl methyl sites for hydroxylation is 2. The summed E-state index contributed by atoms with van der Waals surface area (Å²) >= 11 is 5.90. The molecule has 0 aliphatic heterocycles. The first kappa shape index (κ1) is 25.0. The van der Waals surface area contributed by atoms with Crippen LogP contribution in [0.25, 0.3) is 0 Å². The van der Waals surface area contributed by atoms with Gasteiger partial charge in [0.15, 0.2) is 6.10 Å². The van der Waals surface area contributed by atoms with Crippen molar-refractivity contribution in [2.75, 3.05) is 5.32 Å². The molecule has 1 unspecified atom stereocenters. The fourth-order valence-corrected chi connectivity index (χ4v) is 3.37. The van der Waals surface area contributed by atoms with Crippen LogP contribution in [0.2, 0.25) is 5.02 Å². The van der Waals surface area contributed by atoms with Gasteiger partial charge in [0.1, 0.15) is 11.5 Å². The summed E-state index contributed by atoms with van der Waals surface area (Å²) in [4.78, 5) is 36.7. The van der Waals surface area contributed by atoms with E-state index >= 15 is 0 Å². The normalized spacial score (nSPS) is 11.4. The lowest BCUT2D eigenvalue weighted by atomic mass is 10.1. The summed E-state index contributed by atoms with van der Waals surface area (Å²) in [6.45, 7) is 5.46. The van der Waals surface area contributed by atoms with Crippen LogP contribution in [0.5, 0.6) is 11.5 Å². The minimum absolute atomic E-state index is 0.0718. The van der Waals surface area contributed by atoms with Crippen LogP contribution in [0.1, 0.15) is 41.3 Å². The van der Waals surface area contributed by atoms with E-state index in [4.69, 9.17) is 21.1 Å². The second-order valence-electron chi connectivity index (χ2n) is 7.95. The molecule has 3 aromatic rings. The number of anilines is 1. The Balaban J connectivity index is 1.45. The molecular formula is C27H26ClNO5. The van der Waals surface area contributed by atoms with Gasteiger partial charge in [-0.25, -0.2) is 0 Å². The number of Topliss-reactive ketones (excluding diaryl/α,β-unsaturated/α-hetero) is 1. The number of carbonyl (C=O) groups is 3. The summed E-state index contributed by atoms with van der Waals surface area (Å²) in [5.74, 6) is 0.0970. The quantitative estimate of drug-likeness (QED) is 0.288. The van der Waals surface area contributed by atoms with E-state index in [0.717, 1.165) is 16.9 Å². The molecule has 0 aromatic heterocycles. The van der Waals surface area contributed by atoms with Crippen molar-refractivity contribution in [3.05, 3.63) is 88.4 Å². The standard InChI is InChI=1S/C27H26ClNO5/c1-17-7-8-18(2)24(15-17)34-23-11-9-22(10-12-23)29-25(30)13-14-26(31)33-19(3)27(32)20-5-4-6-21(28)16-20/h4-12,15-16,19H,13-14H2,1-3H3,(H,29,30). The number of esters is 1. The van der Waals surface area contributed by atoms with Crippen LogP contribution in [-0.4, -0.2) is 23.8 Å². The molecule has 176 valence electrons. The number of amides is 1. The zero-order valence-corrected chi connectivity index (χ0v) is 20.0. The topological polar surface area (TPSA) is 81.7 Å². The maximum Gasteiger partial charge on any atom is 0.307 e. The molecule has 0 saturated heterocycles. The first-order chi connectivity index (χ1) is 16.2. The van der Waals surface area contributed by atoms with Crippen molar-refractivity contribution in [3.8, 4) is 11.5 Å². The van der Waals surface area contributed by atoms with Gasteiger partial charge in [-0.05, 0) is 74.4 Å². The molecule has 1 atom stereocenters. The third kappa shape index (κ3) is 7.18. The third-order valence-corrected chi connectivity index (χ3v) is 5.29. The summed E-state index contributed by atoms with van der Waals surface area (Å²) in [6.07, 6.45) is -1.19. The smallest absolute Gasteiger partial charge is 0.307 e. The van der Waals surface area contributed by atoms with E-state index in [-0.39, 0.29) is 24.5 Å². The van der Waals surface area contributed by atoms with Gasteiger partial charge in [-0.1, -0.05) is 35.9 Å². The molecule has 0 radical (unpaired) electrons. The number of hydrogen-bond donors (Lipinski definition) is 1. The number of ketones is 1. The fraction of sp³-hybridized carbons (Fsp3) is 0.222. The monoisotopic (exact) mass is 479 g/mol. The molecule has 0 saturated carbocycles. The highest BCUT2D eigenvalue weighted by Crippen LogP contribution is 2.27. The van der Waals surface area contributed by atoms with Crippen molar-refractivity contribution in [3.63, 3.8) is 0 Å². The molecular weight excluding hydrogens is 454 g/mol. The lowest BCUT2D eigenvalue weighted by Gasteiger charge is -2.13. The predicted molar refractivity (Wildman–Crippen MR) is 132 cm³/mol. The van der Waals surface area contributed by atoms with Gasteiger partial charge in [0.25, 0.3) is 0 Å². The minimum atomic E-state index is -0.974. The lowest BCUT2D eigenvalue weighted by Crippen LogP contribution is -2.25. The van der Waals surface area contributed by atoms with E-state index in [1.54, 1.807) is 42.5 Å². The molecule has 0 aliphatic carbocycles. The van der Waals surface area contributed by atoms with Gasteiger partial charge in [0, 0.05) is 22.7 Å². The first-order valence-electron chi connectivity index (χ1n) is 10.9. The molecule has 7 heteroatoms. The van der Waals surface area contributed by atoms with Crippen molar-refractivity contribution in [1.29, 1.82) is 0 Å². The minimum Gasteiger partial charge on any atom is -0.457 e. The number of carbonyl (C=O) groups excluding carboxylic acids is 3. The Hall–Kier alpha value is -3.64. The summed E-state index contributed by atoms with van der Waals surface area (Å²) in [6, 6.07) is 19.4. The van der Waals surface area contributed by atoms with E-state index < -0.39 is 12.1 Å². The molecule has 0 aliphatic rings. The number of nitrogens with one attached hydrogen (secondary N) is 1. The predicted octanol–water partition coefficient (Wildman–Crippen LogP) is 6.28. The van der Waals surface area contributed by atoms with Gasteiger partial charge >= 0.3 is 5.97 Å². The van der Waals surface area contributed by atoms with Crippen molar-refractivity contribution >= 4 is 34.9 Å². The average molecular weight is 480 g/mol. The van der Waals surface area contributed by atoms with Gasteiger partial charge in [0.2, 0.25) is 11.7 Å². The van der Waals surface area contributed by atoms with Crippen molar-refractivity contribution < 1.29 is 23.9 Å². The molecule has 0 bridgehead atoms. The number of halogens is 1. The Morgan fingerprint density at radius 3 is 2.38 bits per heavy atom. The molecule has 0 fully saturated rings. The Bertz CT molecular complexity index is 1190. The van der Waals surface area contributed by atoms with Crippen LogP contribution in [0.15, 0.2) is 66.7 Å². The SMILES string of the molecule is Cc1ccc(C)c(Oc2ccc(NC(=O)CCC(=O)OC(C)C(=O)c3cccc(Cl)c3)cc2)c1. The second-order valence-corrected chi connectivity index (χ2v) is 8.39. The molecule has 3 aromatic carbocycles. The maximum absolute atomic E-state index is 12.4. The molecule has 3 rings (SSSR count). The molecule has 1 amide bonds. The zero-order chi connectivity index (χ0) is 24.7. The van der Waals surface area contributed by atoms with Gasteiger partial charge in [-0.15, -0.1) is 0 Å². The van der Waals surface area contributed by atoms with Gasteiger partial charge < -0.3 is 14.8 Å². The Labute approximate surface area is 203 Å². The molecule has 0 heterocycles. The van der Waals surface area contributed by atoms with Gasteiger partial charge in [-0.2, -0.15) is 0 Å². The van der Waals surface area contributed by atoms with E-state index in [9.17, 15) is 14.4 Å². The Morgan fingerprint density at radius 1 is 0.941 bits per heavy atom.